The van der Waals surface area contributed by atoms with E-state index in [9.17, 15) is 4.79 Å². The zero-order valence-electron chi connectivity index (χ0n) is 19.5. The Hall–Kier alpha value is -1.66. The Morgan fingerprint density at radius 2 is 1.84 bits per heavy atom. The molecule has 1 aromatic rings. The molecule has 1 spiro atoms. The molecule has 6 nitrogen and oxygen atoms in total. The van der Waals surface area contributed by atoms with E-state index in [1.165, 1.54) is 31.3 Å². The van der Waals surface area contributed by atoms with Gasteiger partial charge in [-0.1, -0.05) is 44.5 Å². The van der Waals surface area contributed by atoms with Crippen LogP contribution >= 0.6 is 11.6 Å². The van der Waals surface area contributed by atoms with Gasteiger partial charge >= 0.3 is 0 Å². The normalized spacial score (nSPS) is 20.3. The molecule has 31 heavy (non-hydrogen) atoms. The third kappa shape index (κ3) is 5.98. The lowest BCUT2D eigenvalue weighted by Gasteiger charge is -2.47. The van der Waals surface area contributed by atoms with Crippen LogP contribution in [-0.2, 0) is 11.2 Å². The van der Waals surface area contributed by atoms with Crippen LogP contribution in [-0.4, -0.2) is 59.3 Å². The molecule has 172 valence electrons. The zero-order chi connectivity index (χ0) is 22.6. The summed E-state index contributed by atoms with van der Waals surface area (Å²) in [5.74, 6) is 0.508. The molecule has 3 heterocycles. The van der Waals surface area contributed by atoms with Crippen LogP contribution in [0.25, 0.3) is 0 Å². The number of amides is 1. The molecule has 3 rings (SSSR count). The van der Waals surface area contributed by atoms with Crippen LogP contribution in [0.5, 0.6) is 0 Å². The van der Waals surface area contributed by atoms with Crippen molar-refractivity contribution >= 4 is 23.2 Å². The molecule has 0 bridgehead atoms. The highest BCUT2D eigenvalue weighted by Crippen LogP contribution is 2.41. The van der Waals surface area contributed by atoms with E-state index in [1.54, 1.807) is 6.07 Å². The van der Waals surface area contributed by atoms with Crippen molar-refractivity contribution < 1.29 is 9.32 Å². The molecule has 0 aliphatic carbocycles. The molecule has 2 saturated heterocycles. The average Bonchev–Trinajstić information content (AvgIpc) is 3.23. The summed E-state index contributed by atoms with van der Waals surface area (Å²) in [6, 6.07) is 1.70. The van der Waals surface area contributed by atoms with E-state index in [-0.39, 0.29) is 17.2 Å². The van der Waals surface area contributed by atoms with E-state index in [4.69, 9.17) is 21.5 Å². The third-order valence-electron chi connectivity index (χ3n) is 6.98. The van der Waals surface area contributed by atoms with Crippen molar-refractivity contribution in [2.75, 3.05) is 32.7 Å². The molecule has 7 heteroatoms. The maximum absolute atomic E-state index is 13.1. The van der Waals surface area contributed by atoms with Crippen LogP contribution in [0.2, 0.25) is 0 Å². The third-order valence-corrected chi connectivity index (χ3v) is 7.20. The fourth-order valence-corrected chi connectivity index (χ4v) is 4.75. The number of halogens is 1. The second-order valence-electron chi connectivity index (χ2n) is 10.4. The Kier molecular flexibility index (Phi) is 7.63. The number of nitrogens with zero attached hydrogens (tertiary/aromatic N) is 3. The lowest BCUT2D eigenvalue weighted by atomic mass is 9.71. The Bertz CT molecular complexity index is 806. The number of nitrogens with one attached hydrogen (secondary N) is 1. The van der Waals surface area contributed by atoms with Gasteiger partial charge in [0.25, 0.3) is 5.91 Å². The summed E-state index contributed by atoms with van der Waals surface area (Å²) in [5, 5.41) is 12.3. The SMILES string of the molecule is CCc1cc(C(=N)C(=CCl)C(=O)N2CCC3(CCN(CCC(C)(C)C)CC3)CC2)no1. The van der Waals surface area contributed by atoms with Gasteiger partial charge in [-0.25, -0.2) is 0 Å². The van der Waals surface area contributed by atoms with Crippen molar-refractivity contribution in [2.24, 2.45) is 10.8 Å². The monoisotopic (exact) mass is 448 g/mol. The van der Waals surface area contributed by atoms with E-state index in [1.807, 2.05) is 11.8 Å². The molecule has 2 aliphatic heterocycles. The maximum atomic E-state index is 13.1. The fraction of sp³-hybridized carbons (Fsp3) is 0.708. The predicted molar refractivity (Wildman–Crippen MR) is 125 cm³/mol. The van der Waals surface area contributed by atoms with Gasteiger partial charge in [0.15, 0.2) is 0 Å². The number of rotatable bonds is 6. The van der Waals surface area contributed by atoms with Crippen LogP contribution in [0.3, 0.4) is 0 Å². The number of hydrogen-bond donors (Lipinski definition) is 1. The minimum absolute atomic E-state index is 0.0240. The highest BCUT2D eigenvalue weighted by molar-refractivity contribution is 6.35. The quantitative estimate of drug-likeness (QED) is 0.497. The average molecular weight is 449 g/mol. The van der Waals surface area contributed by atoms with Crippen molar-refractivity contribution in [1.29, 1.82) is 5.41 Å². The van der Waals surface area contributed by atoms with Gasteiger partial charge in [0.05, 0.1) is 11.3 Å². The Morgan fingerprint density at radius 1 is 1.23 bits per heavy atom. The molecule has 2 aliphatic rings. The fourth-order valence-electron chi connectivity index (χ4n) is 4.54. The van der Waals surface area contributed by atoms with Crippen molar-refractivity contribution in [3.8, 4) is 0 Å². The van der Waals surface area contributed by atoms with Crippen LogP contribution in [0.1, 0.15) is 71.3 Å². The molecule has 0 radical (unpaired) electrons. The standard InChI is InChI=1S/C24H37ClN4O2/c1-5-18-16-20(27-31-18)21(26)19(17-25)22(30)29-14-9-24(10-15-29)7-12-28(13-8-24)11-6-23(2,3)4/h16-17,26H,5-15H2,1-4H3. The van der Waals surface area contributed by atoms with E-state index in [2.05, 4.69) is 30.8 Å². The zero-order valence-corrected chi connectivity index (χ0v) is 20.2. The number of likely N-dealkylation sites (tertiary alicyclic amines) is 2. The molecular weight excluding hydrogens is 412 g/mol. The molecule has 0 atom stereocenters. The molecule has 1 amide bonds. The molecule has 0 unspecified atom stereocenters. The highest BCUT2D eigenvalue weighted by Gasteiger charge is 2.39. The maximum Gasteiger partial charge on any atom is 0.257 e. The first-order valence-electron chi connectivity index (χ1n) is 11.5. The Balaban J connectivity index is 1.53. The molecule has 2 fully saturated rings. The summed E-state index contributed by atoms with van der Waals surface area (Å²) < 4.78 is 5.18. The van der Waals surface area contributed by atoms with Crippen molar-refractivity contribution in [2.45, 2.75) is 66.2 Å². The Labute approximate surface area is 191 Å². The van der Waals surface area contributed by atoms with E-state index in [0.29, 0.717) is 28.7 Å². The highest BCUT2D eigenvalue weighted by atomic mass is 35.5. The summed E-state index contributed by atoms with van der Waals surface area (Å²) >= 11 is 5.97. The second-order valence-corrected chi connectivity index (χ2v) is 10.6. The van der Waals surface area contributed by atoms with Gasteiger partial charge < -0.3 is 14.3 Å². The van der Waals surface area contributed by atoms with Crippen molar-refractivity contribution in [1.82, 2.24) is 15.0 Å². The summed E-state index contributed by atoms with van der Waals surface area (Å²) in [5.41, 5.74) is 2.51. The van der Waals surface area contributed by atoms with Crippen molar-refractivity contribution in [3.63, 3.8) is 0 Å². The van der Waals surface area contributed by atoms with Crippen LogP contribution in [0.4, 0.5) is 0 Å². The summed E-state index contributed by atoms with van der Waals surface area (Å²) in [7, 11) is 0. The van der Waals surface area contributed by atoms with Crippen LogP contribution in [0, 0.1) is 16.2 Å². The molecule has 1 N–H and O–H groups in total. The number of hydrogen-bond acceptors (Lipinski definition) is 5. The number of carbonyl (C=O) groups excluding carboxylic acids is 1. The summed E-state index contributed by atoms with van der Waals surface area (Å²) in [4.78, 5) is 17.5. The van der Waals surface area contributed by atoms with Gasteiger partial charge in [0.1, 0.15) is 11.5 Å². The van der Waals surface area contributed by atoms with Crippen LogP contribution in [0.15, 0.2) is 21.7 Å². The molecule has 1 aromatic heterocycles. The van der Waals surface area contributed by atoms with Gasteiger partial charge in [0, 0.05) is 31.1 Å². The topological polar surface area (TPSA) is 73.4 Å². The molecule has 0 saturated carbocycles. The minimum atomic E-state index is -0.182. The first-order valence-corrected chi connectivity index (χ1v) is 12.0. The van der Waals surface area contributed by atoms with E-state index in [0.717, 1.165) is 39.0 Å². The number of carbonyl (C=O) groups is 1. The second kappa shape index (κ2) is 9.86. The van der Waals surface area contributed by atoms with Crippen molar-refractivity contribution in [3.05, 3.63) is 28.6 Å². The molecular formula is C24H37ClN4O2. The number of aromatic nitrogens is 1. The van der Waals surface area contributed by atoms with Crippen LogP contribution < -0.4 is 0 Å². The number of piperidine rings is 2. The summed E-state index contributed by atoms with van der Waals surface area (Å²) in [6.45, 7) is 13.8. The lowest BCUT2D eigenvalue weighted by Crippen LogP contribution is -2.49. The predicted octanol–water partition coefficient (Wildman–Crippen LogP) is 4.87. The first-order chi connectivity index (χ1) is 14.7. The van der Waals surface area contributed by atoms with Gasteiger partial charge in [-0.2, -0.15) is 0 Å². The smallest absolute Gasteiger partial charge is 0.257 e. The van der Waals surface area contributed by atoms with Gasteiger partial charge in [-0.05, 0) is 62.6 Å². The summed E-state index contributed by atoms with van der Waals surface area (Å²) in [6.07, 6.45) is 6.40. The van der Waals surface area contributed by atoms with E-state index >= 15 is 0 Å². The van der Waals surface area contributed by atoms with Gasteiger partial charge in [-0.3, -0.25) is 10.2 Å². The van der Waals surface area contributed by atoms with Gasteiger partial charge in [-0.15, -0.1) is 0 Å². The number of aryl methyl sites for hydroxylation is 1. The van der Waals surface area contributed by atoms with E-state index < -0.39 is 0 Å². The lowest BCUT2D eigenvalue weighted by molar-refractivity contribution is -0.129. The molecule has 0 aromatic carbocycles. The van der Waals surface area contributed by atoms with Gasteiger partial charge in [0.2, 0.25) is 0 Å². The Morgan fingerprint density at radius 3 is 2.35 bits per heavy atom. The first kappa shape index (κ1) is 24.0. The largest absolute Gasteiger partial charge is 0.361 e. The minimum Gasteiger partial charge on any atom is -0.361 e.